The minimum atomic E-state index is -1.26. The van der Waals surface area contributed by atoms with Crippen LogP contribution in [-0.4, -0.2) is 76.2 Å². The number of aliphatic hydroxyl groups is 1. The topological polar surface area (TPSA) is 96.4 Å². The van der Waals surface area contributed by atoms with Crippen LogP contribution in [0, 0.1) is 11.8 Å². The Labute approximate surface area is 198 Å². The maximum Gasteiger partial charge on any atom is 0.313 e. The number of amides is 2. The molecule has 2 fully saturated rings. The van der Waals surface area contributed by atoms with Gasteiger partial charge in [-0.15, -0.1) is 0 Å². The first-order chi connectivity index (χ1) is 16.4. The van der Waals surface area contributed by atoms with Crippen molar-refractivity contribution in [2.45, 2.75) is 43.6 Å². The number of benzene rings is 1. The Bertz CT molecular complexity index is 1040. The van der Waals surface area contributed by atoms with Gasteiger partial charge < -0.3 is 24.4 Å². The van der Waals surface area contributed by atoms with Gasteiger partial charge in [-0.3, -0.25) is 14.4 Å². The Morgan fingerprint density at radius 3 is 2.59 bits per heavy atom. The summed E-state index contributed by atoms with van der Waals surface area (Å²) in [6.45, 7) is 3.01. The number of cyclic esters (lactones) is 1. The predicted molar refractivity (Wildman–Crippen MR) is 122 cm³/mol. The third-order valence-corrected chi connectivity index (χ3v) is 7.42. The number of rotatable bonds is 6. The summed E-state index contributed by atoms with van der Waals surface area (Å²) in [6, 6.07) is 8.82. The largest absolute Gasteiger partial charge is 0.461 e. The molecule has 1 aromatic carbocycles. The number of ether oxygens (including phenoxy) is 2. The van der Waals surface area contributed by atoms with Gasteiger partial charge in [-0.05, 0) is 31.4 Å². The Kier molecular flexibility index (Phi) is 5.81. The predicted octanol–water partition coefficient (Wildman–Crippen LogP) is 1.44. The quantitative estimate of drug-likeness (QED) is 0.387. The Morgan fingerprint density at radius 2 is 1.82 bits per heavy atom. The molecule has 2 amide bonds. The molecule has 0 saturated carbocycles. The fraction of sp³-hybridized carbons (Fsp3) is 0.500. The van der Waals surface area contributed by atoms with E-state index < -0.39 is 35.0 Å². The third-order valence-electron chi connectivity index (χ3n) is 7.42. The molecule has 0 bridgehead atoms. The van der Waals surface area contributed by atoms with Gasteiger partial charge in [0.1, 0.15) is 24.2 Å². The number of fused-ring (bicyclic) bond motifs is 2. The highest BCUT2D eigenvalue weighted by molar-refractivity contribution is 5.99. The molecule has 34 heavy (non-hydrogen) atoms. The Morgan fingerprint density at radius 1 is 1.03 bits per heavy atom. The molecule has 8 heteroatoms. The zero-order valence-corrected chi connectivity index (χ0v) is 19.3. The van der Waals surface area contributed by atoms with Gasteiger partial charge in [-0.25, -0.2) is 0 Å². The van der Waals surface area contributed by atoms with Crippen LogP contribution in [0.1, 0.15) is 25.3 Å². The van der Waals surface area contributed by atoms with E-state index in [1.54, 1.807) is 28.9 Å². The van der Waals surface area contributed by atoms with Crippen molar-refractivity contribution in [2.24, 2.45) is 11.8 Å². The molecule has 0 aromatic heterocycles. The standard InChI is InChI=1S/C26H30N2O6/c1-25-11-8-16-33-24(32)20(25)19-22(30)28(14-5-6-15-29)21-23(31)27(13-7-12-26(19,21)34-25)17-18-9-3-2-4-10-18/h2-4,7-12,19-21,29H,5-6,13-17H2,1H3/t19-,20-,21?,25+,26-/m0/s1. The van der Waals surface area contributed by atoms with Crippen LogP contribution >= 0.6 is 0 Å². The van der Waals surface area contributed by atoms with Crippen molar-refractivity contribution in [2.75, 3.05) is 26.3 Å². The molecule has 4 aliphatic rings. The fourth-order valence-corrected chi connectivity index (χ4v) is 5.98. The summed E-state index contributed by atoms with van der Waals surface area (Å²) < 4.78 is 12.0. The number of aliphatic hydroxyl groups excluding tert-OH is 1. The molecular formula is C26H30N2O6. The first-order valence-electron chi connectivity index (χ1n) is 11.9. The lowest BCUT2D eigenvalue weighted by Gasteiger charge is -2.37. The average molecular weight is 467 g/mol. The van der Waals surface area contributed by atoms with E-state index in [4.69, 9.17) is 9.47 Å². The number of likely N-dealkylation sites (tertiary alicyclic amines) is 1. The van der Waals surface area contributed by atoms with Gasteiger partial charge in [0.2, 0.25) is 11.8 Å². The van der Waals surface area contributed by atoms with E-state index >= 15 is 0 Å². The summed E-state index contributed by atoms with van der Waals surface area (Å²) >= 11 is 0. The molecule has 2 saturated heterocycles. The van der Waals surface area contributed by atoms with E-state index in [2.05, 4.69) is 0 Å². The fourth-order valence-electron chi connectivity index (χ4n) is 5.98. The highest BCUT2D eigenvalue weighted by Crippen LogP contribution is 2.57. The molecule has 0 radical (unpaired) electrons. The van der Waals surface area contributed by atoms with Crippen LogP contribution in [-0.2, 0) is 30.4 Å². The van der Waals surface area contributed by atoms with Crippen LogP contribution < -0.4 is 0 Å². The minimum Gasteiger partial charge on any atom is -0.461 e. The second kappa shape index (κ2) is 8.67. The number of carbonyl (C=O) groups is 3. The van der Waals surface area contributed by atoms with Gasteiger partial charge in [0.25, 0.3) is 0 Å². The van der Waals surface area contributed by atoms with Crippen molar-refractivity contribution in [3.63, 3.8) is 0 Å². The third kappa shape index (κ3) is 3.47. The van der Waals surface area contributed by atoms with Crippen molar-refractivity contribution in [3.05, 3.63) is 60.2 Å². The van der Waals surface area contributed by atoms with Gasteiger partial charge in [0.05, 0.1) is 11.5 Å². The molecule has 4 heterocycles. The number of nitrogens with zero attached hydrogens (tertiary/aromatic N) is 2. The maximum atomic E-state index is 14.0. The zero-order chi connectivity index (χ0) is 23.9. The molecule has 1 spiro atoms. The number of carbonyl (C=O) groups excluding carboxylic acids is 3. The van der Waals surface area contributed by atoms with Gasteiger partial charge in [-0.2, -0.15) is 0 Å². The summed E-state index contributed by atoms with van der Waals surface area (Å²) in [5.41, 5.74) is -1.33. The molecule has 1 N–H and O–H groups in total. The SMILES string of the molecule is C[C@@]12C=CCOC(=O)[C@@H]1[C@H]1C(=O)N(CCCCO)C3C(=O)N(Cc4ccccc4)CC=C[C@@]31O2. The van der Waals surface area contributed by atoms with Gasteiger partial charge in [0.15, 0.2) is 0 Å². The number of hydrogen-bond acceptors (Lipinski definition) is 6. The normalized spacial score (nSPS) is 34.4. The first kappa shape index (κ1) is 22.8. The highest BCUT2D eigenvalue weighted by Gasteiger charge is 2.74. The first-order valence-corrected chi connectivity index (χ1v) is 11.9. The van der Waals surface area contributed by atoms with Crippen molar-refractivity contribution < 1.29 is 29.0 Å². The zero-order valence-electron chi connectivity index (χ0n) is 19.3. The minimum absolute atomic E-state index is 0.00354. The molecule has 1 unspecified atom stereocenters. The molecular weight excluding hydrogens is 436 g/mol. The summed E-state index contributed by atoms with van der Waals surface area (Å²) in [7, 11) is 0. The molecule has 180 valence electrons. The summed E-state index contributed by atoms with van der Waals surface area (Å²) in [5.74, 6) is -2.66. The van der Waals surface area contributed by atoms with Crippen molar-refractivity contribution in [1.29, 1.82) is 0 Å². The average Bonchev–Trinajstić information content (AvgIpc) is 3.08. The number of unbranched alkanes of at least 4 members (excludes halogenated alkanes) is 1. The van der Waals surface area contributed by atoms with Crippen molar-refractivity contribution in [3.8, 4) is 0 Å². The van der Waals surface area contributed by atoms with Crippen LogP contribution in [0.2, 0.25) is 0 Å². The molecule has 1 aromatic rings. The lowest BCUT2D eigenvalue weighted by molar-refractivity contribution is -0.158. The highest BCUT2D eigenvalue weighted by atomic mass is 16.6. The second-order valence-corrected chi connectivity index (χ2v) is 9.60. The summed E-state index contributed by atoms with van der Waals surface area (Å²) in [6.07, 6.45) is 8.29. The van der Waals surface area contributed by atoms with E-state index in [1.165, 1.54) is 0 Å². The van der Waals surface area contributed by atoms with Crippen molar-refractivity contribution >= 4 is 17.8 Å². The Balaban J connectivity index is 1.56. The van der Waals surface area contributed by atoms with Gasteiger partial charge in [0, 0.05) is 26.2 Å². The van der Waals surface area contributed by atoms with Crippen LogP contribution in [0.4, 0.5) is 0 Å². The molecule has 4 aliphatic heterocycles. The van der Waals surface area contributed by atoms with Gasteiger partial charge >= 0.3 is 5.97 Å². The smallest absolute Gasteiger partial charge is 0.313 e. The summed E-state index contributed by atoms with van der Waals surface area (Å²) in [4.78, 5) is 44.2. The van der Waals surface area contributed by atoms with Crippen LogP contribution in [0.25, 0.3) is 0 Å². The van der Waals surface area contributed by atoms with Gasteiger partial charge in [-0.1, -0.05) is 48.6 Å². The van der Waals surface area contributed by atoms with E-state index in [-0.39, 0.29) is 25.0 Å². The van der Waals surface area contributed by atoms with E-state index in [0.717, 1.165) is 5.56 Å². The molecule has 8 nitrogen and oxygen atoms in total. The Hall–Kier alpha value is -2.97. The number of esters is 1. The number of hydrogen-bond donors (Lipinski definition) is 1. The maximum absolute atomic E-state index is 14.0. The van der Waals surface area contributed by atoms with E-state index in [1.807, 2.05) is 42.5 Å². The van der Waals surface area contributed by atoms with E-state index in [0.29, 0.717) is 32.5 Å². The lowest BCUT2D eigenvalue weighted by atomic mass is 9.75. The lowest BCUT2D eigenvalue weighted by Crippen LogP contribution is -2.55. The van der Waals surface area contributed by atoms with Crippen LogP contribution in [0.3, 0.4) is 0 Å². The van der Waals surface area contributed by atoms with E-state index in [9.17, 15) is 19.5 Å². The van der Waals surface area contributed by atoms with Crippen molar-refractivity contribution in [1.82, 2.24) is 9.80 Å². The monoisotopic (exact) mass is 466 g/mol. The van der Waals surface area contributed by atoms with Crippen LogP contribution in [0.5, 0.6) is 0 Å². The summed E-state index contributed by atoms with van der Waals surface area (Å²) in [5, 5.41) is 9.27. The molecule has 5 rings (SSSR count). The molecule has 5 atom stereocenters. The van der Waals surface area contributed by atoms with Crippen LogP contribution in [0.15, 0.2) is 54.6 Å². The molecule has 0 aliphatic carbocycles. The second-order valence-electron chi connectivity index (χ2n) is 9.60.